The van der Waals surface area contributed by atoms with E-state index < -0.39 is 12.5 Å². The minimum atomic E-state index is -2.97. The molecule has 1 N–H and O–H groups in total. The van der Waals surface area contributed by atoms with Crippen LogP contribution in [0.1, 0.15) is 23.9 Å². The van der Waals surface area contributed by atoms with E-state index in [0.29, 0.717) is 17.3 Å². The molecule has 0 aliphatic carbocycles. The Labute approximate surface area is 149 Å². The average molecular weight is 372 g/mol. The first-order chi connectivity index (χ1) is 11.7. The minimum absolute atomic E-state index is 0.0738. The number of anilines is 1. The summed E-state index contributed by atoms with van der Waals surface area (Å²) in [5.74, 6) is -0.849. The molecule has 25 heavy (non-hydrogen) atoms. The Morgan fingerprint density at radius 3 is 2.60 bits per heavy atom. The van der Waals surface area contributed by atoms with Gasteiger partial charge in [-0.05, 0) is 38.5 Å². The predicted octanol–water partition coefficient (Wildman–Crippen LogP) is 4.34. The highest BCUT2D eigenvalue weighted by molar-refractivity contribution is 6.31. The van der Waals surface area contributed by atoms with Gasteiger partial charge in [-0.3, -0.25) is 9.48 Å². The molecular weight excluding hydrogens is 352 g/mol. The number of nitrogens with one attached hydrogen (secondary N) is 1. The zero-order valence-electron chi connectivity index (χ0n) is 14.4. The van der Waals surface area contributed by atoms with Gasteiger partial charge in [0.2, 0.25) is 5.91 Å². The Balaban J connectivity index is 2.13. The van der Waals surface area contributed by atoms with Crippen LogP contribution < -0.4 is 10.1 Å². The number of rotatable bonds is 6. The summed E-state index contributed by atoms with van der Waals surface area (Å²) in [6, 6.07) is 4.62. The molecule has 136 valence electrons. The summed E-state index contributed by atoms with van der Waals surface area (Å²) in [6.07, 6.45) is 0. The molecule has 0 aliphatic heterocycles. The monoisotopic (exact) mass is 371 g/mol. The molecule has 1 aromatic heterocycles. The molecule has 0 radical (unpaired) electrons. The van der Waals surface area contributed by atoms with Gasteiger partial charge in [0.1, 0.15) is 5.75 Å². The highest BCUT2D eigenvalue weighted by Gasteiger charge is 2.19. The van der Waals surface area contributed by atoms with Crippen molar-refractivity contribution in [3.63, 3.8) is 0 Å². The van der Waals surface area contributed by atoms with Gasteiger partial charge in [-0.25, -0.2) is 0 Å². The molecule has 2 aromatic rings. The number of ether oxygens (including phenoxy) is 1. The third kappa shape index (κ3) is 4.69. The van der Waals surface area contributed by atoms with Crippen molar-refractivity contribution in [3.05, 3.63) is 40.2 Å². The van der Waals surface area contributed by atoms with Crippen molar-refractivity contribution in [2.75, 3.05) is 5.32 Å². The van der Waals surface area contributed by atoms with Crippen molar-refractivity contribution >= 4 is 23.2 Å². The van der Waals surface area contributed by atoms with Gasteiger partial charge in [-0.1, -0.05) is 24.6 Å². The second-order valence-corrected chi connectivity index (χ2v) is 6.31. The molecule has 0 aliphatic rings. The Morgan fingerprint density at radius 1 is 1.36 bits per heavy atom. The van der Waals surface area contributed by atoms with Crippen LogP contribution in [-0.2, 0) is 11.3 Å². The van der Waals surface area contributed by atoms with E-state index in [9.17, 15) is 13.6 Å². The van der Waals surface area contributed by atoms with Crippen LogP contribution in [0.4, 0.5) is 14.5 Å². The van der Waals surface area contributed by atoms with Gasteiger partial charge in [0, 0.05) is 0 Å². The number of hydrogen-bond donors (Lipinski definition) is 1. The number of benzene rings is 1. The summed E-state index contributed by atoms with van der Waals surface area (Å²) in [5.41, 5.74) is 2.49. The molecule has 0 saturated carbocycles. The van der Waals surface area contributed by atoms with Gasteiger partial charge in [0.05, 0.1) is 34.6 Å². The summed E-state index contributed by atoms with van der Waals surface area (Å²) in [7, 11) is 0. The number of halogens is 3. The minimum Gasteiger partial charge on any atom is -0.433 e. The third-order valence-electron chi connectivity index (χ3n) is 3.80. The maximum absolute atomic E-state index is 12.5. The summed E-state index contributed by atoms with van der Waals surface area (Å²) in [4.78, 5) is 12.4. The first kappa shape index (κ1) is 19.2. The molecule has 0 unspecified atom stereocenters. The van der Waals surface area contributed by atoms with Crippen molar-refractivity contribution in [1.82, 2.24) is 9.78 Å². The summed E-state index contributed by atoms with van der Waals surface area (Å²) >= 11 is 6.11. The van der Waals surface area contributed by atoms with E-state index >= 15 is 0 Å². The zero-order chi connectivity index (χ0) is 18.7. The van der Waals surface area contributed by atoms with Crippen LogP contribution in [0.15, 0.2) is 18.2 Å². The third-order valence-corrected chi connectivity index (χ3v) is 4.34. The maximum Gasteiger partial charge on any atom is 0.387 e. The Hall–Kier alpha value is -2.15. The number of carbonyl (C=O) groups excluding carboxylic acids is 1. The van der Waals surface area contributed by atoms with Crippen LogP contribution in [0.2, 0.25) is 5.02 Å². The molecular formula is C17H20ClF2N3O2. The number of aromatic nitrogens is 2. The second kappa shape index (κ2) is 7.82. The van der Waals surface area contributed by atoms with Crippen molar-refractivity contribution in [3.8, 4) is 5.75 Å². The van der Waals surface area contributed by atoms with Crippen LogP contribution in [0, 0.1) is 26.7 Å². The molecule has 1 aromatic carbocycles. The van der Waals surface area contributed by atoms with Crippen LogP contribution in [0.25, 0.3) is 0 Å². The summed E-state index contributed by atoms with van der Waals surface area (Å²) in [5, 5.41) is 7.51. The Bertz CT molecular complexity index is 777. The van der Waals surface area contributed by atoms with E-state index in [0.717, 1.165) is 11.3 Å². The van der Waals surface area contributed by atoms with E-state index in [1.807, 2.05) is 6.92 Å². The molecule has 8 heteroatoms. The molecule has 0 saturated heterocycles. The number of hydrogen-bond acceptors (Lipinski definition) is 3. The zero-order valence-corrected chi connectivity index (χ0v) is 15.2. The van der Waals surface area contributed by atoms with E-state index in [1.165, 1.54) is 6.07 Å². The standard InChI is InChI=1S/C17H20ClF2N3O2/c1-9-5-6-14(25-17(19)20)13(7-9)21-16(24)10(2)8-23-12(4)15(18)11(3)22-23/h5-7,10,17H,8H2,1-4H3,(H,21,24)/t10-/m0/s1. The van der Waals surface area contributed by atoms with Gasteiger partial charge >= 0.3 is 6.61 Å². The largest absolute Gasteiger partial charge is 0.433 e. The number of alkyl halides is 2. The Morgan fingerprint density at radius 2 is 2.04 bits per heavy atom. The fraction of sp³-hybridized carbons (Fsp3) is 0.412. The first-order valence-electron chi connectivity index (χ1n) is 7.75. The Kier molecular flexibility index (Phi) is 6.00. The van der Waals surface area contributed by atoms with Gasteiger partial charge in [-0.15, -0.1) is 0 Å². The highest BCUT2D eigenvalue weighted by atomic mass is 35.5. The fourth-order valence-electron chi connectivity index (χ4n) is 2.39. The number of aryl methyl sites for hydroxylation is 2. The van der Waals surface area contributed by atoms with E-state index in [2.05, 4.69) is 15.2 Å². The lowest BCUT2D eigenvalue weighted by molar-refractivity contribution is -0.119. The van der Waals surface area contributed by atoms with Crippen LogP contribution in [0.5, 0.6) is 5.75 Å². The molecule has 1 amide bonds. The molecule has 0 fully saturated rings. The topological polar surface area (TPSA) is 56.1 Å². The second-order valence-electron chi connectivity index (χ2n) is 5.94. The van der Waals surface area contributed by atoms with Crippen molar-refractivity contribution < 1.29 is 18.3 Å². The van der Waals surface area contributed by atoms with Crippen molar-refractivity contribution in [1.29, 1.82) is 0 Å². The van der Waals surface area contributed by atoms with Crippen LogP contribution >= 0.6 is 11.6 Å². The van der Waals surface area contributed by atoms with Gasteiger partial charge in [-0.2, -0.15) is 13.9 Å². The summed E-state index contributed by atoms with van der Waals surface area (Å²) < 4.78 is 31.1. The van der Waals surface area contributed by atoms with Crippen molar-refractivity contribution in [2.24, 2.45) is 5.92 Å². The van der Waals surface area contributed by atoms with E-state index in [4.69, 9.17) is 11.6 Å². The molecule has 2 rings (SSSR count). The highest BCUT2D eigenvalue weighted by Crippen LogP contribution is 2.28. The summed E-state index contributed by atoms with van der Waals surface area (Å²) in [6.45, 7) is 4.49. The maximum atomic E-state index is 12.5. The lowest BCUT2D eigenvalue weighted by atomic mass is 10.1. The smallest absolute Gasteiger partial charge is 0.387 e. The van der Waals surface area contributed by atoms with Crippen LogP contribution in [-0.4, -0.2) is 22.3 Å². The lowest BCUT2D eigenvalue weighted by Gasteiger charge is -2.16. The lowest BCUT2D eigenvalue weighted by Crippen LogP contribution is -2.25. The predicted molar refractivity (Wildman–Crippen MR) is 92.3 cm³/mol. The normalized spacial score (nSPS) is 12.3. The number of nitrogens with zero attached hydrogens (tertiary/aromatic N) is 2. The SMILES string of the molecule is Cc1ccc(OC(F)F)c(NC(=O)[C@@H](C)Cn2nc(C)c(Cl)c2C)c1. The van der Waals surface area contributed by atoms with Crippen LogP contribution in [0.3, 0.4) is 0 Å². The molecule has 0 spiro atoms. The quantitative estimate of drug-likeness (QED) is 0.821. The number of carbonyl (C=O) groups is 1. The molecule has 1 atom stereocenters. The first-order valence-corrected chi connectivity index (χ1v) is 8.12. The van der Waals surface area contributed by atoms with Gasteiger partial charge in [0.25, 0.3) is 0 Å². The van der Waals surface area contributed by atoms with Crippen molar-refractivity contribution in [2.45, 2.75) is 40.9 Å². The van der Waals surface area contributed by atoms with Gasteiger partial charge < -0.3 is 10.1 Å². The molecule has 5 nitrogen and oxygen atoms in total. The molecule has 0 bridgehead atoms. The average Bonchev–Trinajstić information content (AvgIpc) is 2.76. The number of amides is 1. The molecule has 1 heterocycles. The fourth-order valence-corrected chi connectivity index (χ4v) is 2.53. The van der Waals surface area contributed by atoms with E-state index in [1.54, 1.807) is 37.6 Å². The van der Waals surface area contributed by atoms with Gasteiger partial charge in [0.15, 0.2) is 0 Å². The van der Waals surface area contributed by atoms with E-state index in [-0.39, 0.29) is 17.3 Å².